The molecule has 2 nitrogen and oxygen atoms in total. The predicted molar refractivity (Wildman–Crippen MR) is 75.4 cm³/mol. The van der Waals surface area contributed by atoms with Crippen LogP contribution in [0.1, 0.15) is 43.4 Å². The zero-order chi connectivity index (χ0) is 12.7. The number of aryl methyl sites for hydroxylation is 1. The van der Waals surface area contributed by atoms with Gasteiger partial charge in [-0.1, -0.05) is 45.8 Å². The molecule has 1 amide bonds. The van der Waals surface area contributed by atoms with Gasteiger partial charge in [0.1, 0.15) is 0 Å². The molecule has 0 aliphatic rings. The summed E-state index contributed by atoms with van der Waals surface area (Å²) in [5, 5.41) is 3.99. The molecule has 0 spiro atoms. The van der Waals surface area contributed by atoms with E-state index in [1.807, 2.05) is 13.0 Å². The van der Waals surface area contributed by atoms with E-state index in [4.69, 9.17) is 0 Å². The van der Waals surface area contributed by atoms with Crippen LogP contribution in [0, 0.1) is 6.92 Å². The molecular weight excluding hydrogens is 278 g/mol. The molecule has 1 rings (SSSR count). The van der Waals surface area contributed by atoms with Crippen LogP contribution in [-0.4, -0.2) is 11.2 Å². The Labute approximate surface area is 112 Å². The lowest BCUT2D eigenvalue weighted by atomic mass is 10.1. The minimum absolute atomic E-state index is 0.0892. The SMILES string of the molecule is Cc1cccc([C@@H](C)NC(=O)CCCCBr)c1. The average Bonchev–Trinajstić information content (AvgIpc) is 2.29. The zero-order valence-electron chi connectivity index (χ0n) is 10.5. The maximum atomic E-state index is 11.7. The van der Waals surface area contributed by atoms with Crippen LogP contribution in [-0.2, 0) is 4.79 Å². The van der Waals surface area contributed by atoms with Gasteiger partial charge in [0.15, 0.2) is 0 Å². The molecule has 17 heavy (non-hydrogen) atoms. The van der Waals surface area contributed by atoms with E-state index < -0.39 is 0 Å². The van der Waals surface area contributed by atoms with Crippen molar-refractivity contribution >= 4 is 21.8 Å². The third-order valence-electron chi connectivity index (χ3n) is 2.71. The topological polar surface area (TPSA) is 29.1 Å². The van der Waals surface area contributed by atoms with Crippen molar-refractivity contribution in [3.05, 3.63) is 35.4 Å². The minimum atomic E-state index is 0.0892. The first-order chi connectivity index (χ1) is 8.13. The molecule has 0 heterocycles. The predicted octanol–water partition coefficient (Wildman–Crippen LogP) is 3.74. The summed E-state index contributed by atoms with van der Waals surface area (Å²) in [5.74, 6) is 0.139. The average molecular weight is 298 g/mol. The van der Waals surface area contributed by atoms with Gasteiger partial charge in [-0.05, 0) is 32.3 Å². The number of hydrogen-bond acceptors (Lipinski definition) is 1. The standard InChI is InChI=1S/C14H20BrNO/c1-11-6-5-7-13(10-11)12(2)16-14(17)8-3-4-9-15/h5-7,10,12H,3-4,8-9H2,1-2H3,(H,16,17)/t12-/m1/s1. The maximum absolute atomic E-state index is 11.7. The van der Waals surface area contributed by atoms with Crippen LogP contribution in [0.3, 0.4) is 0 Å². The molecule has 0 fully saturated rings. The van der Waals surface area contributed by atoms with E-state index in [0.29, 0.717) is 6.42 Å². The number of carbonyl (C=O) groups is 1. The highest BCUT2D eigenvalue weighted by atomic mass is 79.9. The summed E-state index contributed by atoms with van der Waals surface area (Å²) < 4.78 is 0. The molecule has 0 saturated carbocycles. The van der Waals surface area contributed by atoms with Crippen molar-refractivity contribution in [2.24, 2.45) is 0 Å². The van der Waals surface area contributed by atoms with Crippen molar-refractivity contribution in [3.8, 4) is 0 Å². The van der Waals surface area contributed by atoms with E-state index in [0.717, 1.165) is 18.2 Å². The fourth-order valence-corrected chi connectivity index (χ4v) is 2.11. The molecule has 0 unspecified atom stereocenters. The molecule has 1 aromatic rings. The number of rotatable bonds is 6. The summed E-state index contributed by atoms with van der Waals surface area (Å²) >= 11 is 3.36. The Hall–Kier alpha value is -0.830. The highest BCUT2D eigenvalue weighted by Gasteiger charge is 2.08. The monoisotopic (exact) mass is 297 g/mol. The lowest BCUT2D eigenvalue weighted by molar-refractivity contribution is -0.121. The third-order valence-corrected chi connectivity index (χ3v) is 3.27. The highest BCUT2D eigenvalue weighted by Crippen LogP contribution is 2.14. The number of amides is 1. The molecule has 1 atom stereocenters. The van der Waals surface area contributed by atoms with Crippen molar-refractivity contribution in [1.82, 2.24) is 5.32 Å². The van der Waals surface area contributed by atoms with Crippen molar-refractivity contribution in [1.29, 1.82) is 0 Å². The molecule has 94 valence electrons. The molecular formula is C14H20BrNO. The second-order valence-electron chi connectivity index (χ2n) is 4.35. The van der Waals surface area contributed by atoms with Crippen LogP contribution < -0.4 is 5.32 Å². The van der Waals surface area contributed by atoms with Gasteiger partial charge >= 0.3 is 0 Å². The second kappa shape index (κ2) is 7.49. The lowest BCUT2D eigenvalue weighted by Gasteiger charge is -2.14. The van der Waals surface area contributed by atoms with E-state index in [9.17, 15) is 4.79 Å². The normalized spacial score (nSPS) is 12.2. The Kier molecular flexibility index (Phi) is 6.27. The first kappa shape index (κ1) is 14.2. The molecule has 0 bridgehead atoms. The van der Waals surface area contributed by atoms with Crippen molar-refractivity contribution < 1.29 is 4.79 Å². The lowest BCUT2D eigenvalue weighted by Crippen LogP contribution is -2.26. The quantitative estimate of drug-likeness (QED) is 0.629. The van der Waals surface area contributed by atoms with Crippen LogP contribution in [0.4, 0.5) is 0 Å². The third kappa shape index (κ3) is 5.35. The molecule has 3 heteroatoms. The number of halogens is 1. The van der Waals surface area contributed by atoms with Crippen LogP contribution in [0.5, 0.6) is 0 Å². The largest absolute Gasteiger partial charge is 0.350 e. The molecule has 0 saturated heterocycles. The van der Waals surface area contributed by atoms with E-state index in [2.05, 4.69) is 46.4 Å². The van der Waals surface area contributed by atoms with E-state index in [1.165, 1.54) is 11.1 Å². The van der Waals surface area contributed by atoms with Gasteiger partial charge in [-0.3, -0.25) is 4.79 Å². The Balaban J connectivity index is 2.43. The van der Waals surface area contributed by atoms with Crippen molar-refractivity contribution in [2.45, 2.75) is 39.2 Å². The Morgan fingerprint density at radius 2 is 2.18 bits per heavy atom. The zero-order valence-corrected chi connectivity index (χ0v) is 12.1. The van der Waals surface area contributed by atoms with Crippen LogP contribution in [0.15, 0.2) is 24.3 Å². The number of hydrogen-bond donors (Lipinski definition) is 1. The fourth-order valence-electron chi connectivity index (χ4n) is 1.72. The molecule has 0 aliphatic carbocycles. The second-order valence-corrected chi connectivity index (χ2v) is 5.14. The number of alkyl halides is 1. The first-order valence-electron chi connectivity index (χ1n) is 6.05. The number of unbranched alkanes of at least 4 members (excludes halogenated alkanes) is 1. The van der Waals surface area contributed by atoms with E-state index in [-0.39, 0.29) is 11.9 Å². The summed E-state index contributed by atoms with van der Waals surface area (Å²) in [6.07, 6.45) is 2.60. The van der Waals surface area contributed by atoms with Gasteiger partial charge in [0, 0.05) is 11.8 Å². The number of nitrogens with one attached hydrogen (secondary N) is 1. The molecule has 0 radical (unpaired) electrons. The molecule has 0 aliphatic heterocycles. The molecule has 0 aromatic heterocycles. The summed E-state index contributed by atoms with van der Waals surface area (Å²) in [5.41, 5.74) is 2.39. The Bertz CT molecular complexity index is 365. The molecule has 1 N–H and O–H groups in total. The molecule has 1 aromatic carbocycles. The van der Waals surface area contributed by atoms with E-state index in [1.54, 1.807) is 0 Å². The van der Waals surface area contributed by atoms with Gasteiger partial charge < -0.3 is 5.32 Å². The van der Waals surface area contributed by atoms with Gasteiger partial charge in [-0.15, -0.1) is 0 Å². The summed E-state index contributed by atoms with van der Waals surface area (Å²) in [4.78, 5) is 11.7. The van der Waals surface area contributed by atoms with Crippen LogP contribution in [0.2, 0.25) is 0 Å². The maximum Gasteiger partial charge on any atom is 0.220 e. The van der Waals surface area contributed by atoms with Gasteiger partial charge in [0.2, 0.25) is 5.91 Å². The van der Waals surface area contributed by atoms with Crippen LogP contribution in [0.25, 0.3) is 0 Å². The Morgan fingerprint density at radius 1 is 1.41 bits per heavy atom. The van der Waals surface area contributed by atoms with Crippen LogP contribution >= 0.6 is 15.9 Å². The van der Waals surface area contributed by atoms with E-state index >= 15 is 0 Å². The van der Waals surface area contributed by atoms with Gasteiger partial charge in [0.25, 0.3) is 0 Å². The Morgan fingerprint density at radius 3 is 2.82 bits per heavy atom. The summed E-state index contributed by atoms with van der Waals surface area (Å²) in [6.45, 7) is 4.09. The van der Waals surface area contributed by atoms with Crippen molar-refractivity contribution in [3.63, 3.8) is 0 Å². The van der Waals surface area contributed by atoms with Gasteiger partial charge in [-0.2, -0.15) is 0 Å². The minimum Gasteiger partial charge on any atom is -0.350 e. The first-order valence-corrected chi connectivity index (χ1v) is 7.17. The van der Waals surface area contributed by atoms with Gasteiger partial charge in [0.05, 0.1) is 6.04 Å². The summed E-state index contributed by atoms with van der Waals surface area (Å²) in [6, 6.07) is 8.35. The number of benzene rings is 1. The summed E-state index contributed by atoms with van der Waals surface area (Å²) in [7, 11) is 0. The number of carbonyl (C=O) groups excluding carboxylic acids is 1. The fraction of sp³-hybridized carbons (Fsp3) is 0.500. The van der Waals surface area contributed by atoms with Gasteiger partial charge in [-0.25, -0.2) is 0 Å². The highest BCUT2D eigenvalue weighted by molar-refractivity contribution is 9.09. The van der Waals surface area contributed by atoms with Crippen molar-refractivity contribution in [2.75, 3.05) is 5.33 Å². The smallest absolute Gasteiger partial charge is 0.220 e.